The van der Waals surface area contributed by atoms with Gasteiger partial charge in [0, 0.05) is 6.07 Å². The van der Waals surface area contributed by atoms with Gasteiger partial charge in [0.15, 0.2) is 0 Å². The number of nitrogens with two attached hydrogens (primary N) is 1. The lowest BCUT2D eigenvalue weighted by molar-refractivity contribution is 0.314. The van der Waals surface area contributed by atoms with Crippen LogP contribution in [-0.2, 0) is 10.1 Å². The third kappa shape index (κ3) is 5.24. The smallest absolute Gasteiger partial charge is 0.264 e. The fourth-order valence-corrected chi connectivity index (χ4v) is 1.82. The van der Waals surface area contributed by atoms with Crippen LogP contribution >= 0.6 is 0 Å². The largest absolute Gasteiger partial charge is 0.493 e. The van der Waals surface area contributed by atoms with E-state index in [2.05, 4.69) is 0 Å². The van der Waals surface area contributed by atoms with Crippen LogP contribution < -0.4 is 15.2 Å². The van der Waals surface area contributed by atoms with Crippen molar-refractivity contribution in [2.75, 3.05) is 24.7 Å². The van der Waals surface area contributed by atoms with Crippen LogP contribution in [-0.4, -0.2) is 31.9 Å². The van der Waals surface area contributed by atoms with Crippen molar-refractivity contribution in [3.63, 3.8) is 0 Å². The molecular formula is C11H17NO5S. The molecule has 0 atom stereocenters. The monoisotopic (exact) mass is 275 g/mol. The van der Waals surface area contributed by atoms with Crippen molar-refractivity contribution in [2.24, 2.45) is 0 Å². The zero-order valence-electron chi connectivity index (χ0n) is 10.1. The van der Waals surface area contributed by atoms with Gasteiger partial charge >= 0.3 is 0 Å². The molecule has 18 heavy (non-hydrogen) atoms. The summed E-state index contributed by atoms with van der Waals surface area (Å²) in [6, 6.07) is 4.99. The van der Waals surface area contributed by atoms with Gasteiger partial charge in [-0.05, 0) is 25.5 Å². The number of ether oxygens (including phenoxy) is 2. The van der Waals surface area contributed by atoms with Gasteiger partial charge < -0.3 is 15.2 Å². The maximum atomic E-state index is 10.5. The molecule has 0 fully saturated rings. The quantitative estimate of drug-likeness (QED) is 0.442. The molecule has 0 bridgehead atoms. The van der Waals surface area contributed by atoms with E-state index >= 15 is 0 Å². The summed E-state index contributed by atoms with van der Waals surface area (Å²) in [6.07, 6.45) is 0.214. The highest BCUT2D eigenvalue weighted by Gasteiger charge is 2.05. The molecule has 0 aromatic heterocycles. The number of hydrogen-bond acceptors (Lipinski definition) is 5. The second kappa shape index (κ2) is 6.46. The predicted molar refractivity (Wildman–Crippen MR) is 68.6 cm³/mol. The Morgan fingerprint density at radius 1 is 1.33 bits per heavy atom. The van der Waals surface area contributed by atoms with Gasteiger partial charge in [-0.25, -0.2) is 0 Å². The standard InChI is InChI=1S/C11H17NO5S/c1-2-16-11-5-4-9(8-10(11)12)17-6-3-7-18(13,14)15/h4-5,8H,2-3,6-7,12H2,1H3,(H,13,14,15). The lowest BCUT2D eigenvalue weighted by Gasteiger charge is -2.10. The Labute approximate surface area is 106 Å². The number of benzene rings is 1. The van der Waals surface area contributed by atoms with Crippen molar-refractivity contribution < 1.29 is 22.4 Å². The van der Waals surface area contributed by atoms with Crippen molar-refractivity contribution in [1.82, 2.24) is 0 Å². The minimum Gasteiger partial charge on any atom is -0.493 e. The van der Waals surface area contributed by atoms with Crippen molar-refractivity contribution in [3.8, 4) is 11.5 Å². The third-order valence-corrected chi connectivity index (χ3v) is 2.90. The van der Waals surface area contributed by atoms with Gasteiger partial charge in [-0.1, -0.05) is 0 Å². The average Bonchev–Trinajstić information content (AvgIpc) is 2.27. The van der Waals surface area contributed by atoms with E-state index in [1.54, 1.807) is 18.2 Å². The highest BCUT2D eigenvalue weighted by atomic mass is 32.2. The summed E-state index contributed by atoms with van der Waals surface area (Å²) in [6.45, 7) is 2.57. The van der Waals surface area contributed by atoms with Gasteiger partial charge in [0.25, 0.3) is 10.1 Å². The average molecular weight is 275 g/mol. The molecule has 0 heterocycles. The minimum absolute atomic E-state index is 0.188. The Bertz CT molecular complexity index is 486. The second-order valence-electron chi connectivity index (χ2n) is 3.62. The first-order valence-corrected chi connectivity index (χ1v) is 7.13. The molecular weight excluding hydrogens is 258 g/mol. The van der Waals surface area contributed by atoms with Crippen LogP contribution in [0.15, 0.2) is 18.2 Å². The first-order chi connectivity index (χ1) is 8.42. The van der Waals surface area contributed by atoms with Gasteiger partial charge in [0.1, 0.15) is 11.5 Å². The normalized spacial score (nSPS) is 11.2. The highest BCUT2D eigenvalue weighted by Crippen LogP contribution is 2.26. The van der Waals surface area contributed by atoms with E-state index in [1.165, 1.54) is 0 Å². The summed E-state index contributed by atoms with van der Waals surface area (Å²) >= 11 is 0. The molecule has 0 aliphatic heterocycles. The van der Waals surface area contributed by atoms with E-state index in [9.17, 15) is 8.42 Å². The zero-order valence-corrected chi connectivity index (χ0v) is 10.9. The molecule has 0 saturated carbocycles. The molecule has 3 N–H and O–H groups in total. The minimum atomic E-state index is -3.93. The second-order valence-corrected chi connectivity index (χ2v) is 5.19. The van der Waals surface area contributed by atoms with Gasteiger partial charge in [-0.2, -0.15) is 8.42 Å². The van der Waals surface area contributed by atoms with Crippen molar-refractivity contribution in [1.29, 1.82) is 0 Å². The van der Waals surface area contributed by atoms with Gasteiger partial charge in [-0.3, -0.25) is 4.55 Å². The highest BCUT2D eigenvalue weighted by molar-refractivity contribution is 7.85. The van der Waals surface area contributed by atoms with E-state index in [-0.39, 0.29) is 18.8 Å². The van der Waals surface area contributed by atoms with E-state index in [1.807, 2.05) is 6.92 Å². The fraction of sp³-hybridized carbons (Fsp3) is 0.455. The molecule has 1 aromatic carbocycles. The summed E-state index contributed by atoms with van der Waals surface area (Å²) in [7, 11) is -3.93. The van der Waals surface area contributed by atoms with Crippen LogP contribution in [0, 0.1) is 0 Å². The van der Waals surface area contributed by atoms with Crippen molar-refractivity contribution >= 4 is 15.8 Å². The number of rotatable bonds is 7. The molecule has 0 unspecified atom stereocenters. The van der Waals surface area contributed by atoms with Crippen LogP contribution in [0.4, 0.5) is 5.69 Å². The fourth-order valence-electron chi connectivity index (χ4n) is 1.33. The molecule has 0 aliphatic rings. The molecule has 0 radical (unpaired) electrons. The third-order valence-electron chi connectivity index (χ3n) is 2.10. The molecule has 0 saturated heterocycles. The molecule has 1 aromatic rings. The Morgan fingerprint density at radius 2 is 2.06 bits per heavy atom. The number of hydrogen-bond donors (Lipinski definition) is 2. The summed E-state index contributed by atoms with van der Waals surface area (Å²) in [5.74, 6) is 0.800. The molecule has 102 valence electrons. The van der Waals surface area contributed by atoms with E-state index in [4.69, 9.17) is 19.8 Å². The van der Waals surface area contributed by atoms with Gasteiger partial charge in [-0.15, -0.1) is 0 Å². The molecule has 0 amide bonds. The SMILES string of the molecule is CCOc1ccc(OCCCS(=O)(=O)O)cc1N. The molecule has 6 nitrogen and oxygen atoms in total. The van der Waals surface area contributed by atoms with Gasteiger partial charge in [0.05, 0.1) is 24.7 Å². The topological polar surface area (TPSA) is 98.8 Å². The first kappa shape index (κ1) is 14.6. The van der Waals surface area contributed by atoms with Crippen molar-refractivity contribution in [3.05, 3.63) is 18.2 Å². The lowest BCUT2D eigenvalue weighted by Crippen LogP contribution is -2.08. The molecule has 0 spiro atoms. The molecule has 1 rings (SSSR count). The first-order valence-electron chi connectivity index (χ1n) is 5.52. The van der Waals surface area contributed by atoms with E-state index in [0.29, 0.717) is 23.8 Å². The molecule has 0 aliphatic carbocycles. The summed E-state index contributed by atoms with van der Waals surface area (Å²) in [5, 5.41) is 0. The Balaban J connectivity index is 2.46. The van der Waals surface area contributed by atoms with Crippen LogP contribution in [0.25, 0.3) is 0 Å². The van der Waals surface area contributed by atoms with Crippen LogP contribution in [0.3, 0.4) is 0 Å². The Morgan fingerprint density at radius 3 is 2.61 bits per heavy atom. The number of anilines is 1. The van der Waals surface area contributed by atoms with E-state index < -0.39 is 10.1 Å². The Kier molecular flexibility index (Phi) is 5.24. The Hall–Kier alpha value is -1.47. The van der Waals surface area contributed by atoms with Crippen molar-refractivity contribution in [2.45, 2.75) is 13.3 Å². The summed E-state index contributed by atoms with van der Waals surface area (Å²) in [4.78, 5) is 0. The number of nitrogen functional groups attached to an aromatic ring is 1. The zero-order chi connectivity index (χ0) is 13.6. The summed E-state index contributed by atoms with van der Waals surface area (Å²) < 4.78 is 40.1. The predicted octanol–water partition coefficient (Wildman–Crippen LogP) is 1.32. The molecule has 7 heteroatoms. The lowest BCUT2D eigenvalue weighted by atomic mass is 10.3. The van der Waals surface area contributed by atoms with Crippen LogP contribution in [0.1, 0.15) is 13.3 Å². The maximum Gasteiger partial charge on any atom is 0.264 e. The maximum absolute atomic E-state index is 10.5. The van der Waals surface area contributed by atoms with Gasteiger partial charge in [0.2, 0.25) is 0 Å². The summed E-state index contributed by atoms with van der Waals surface area (Å²) in [5.41, 5.74) is 6.20. The van der Waals surface area contributed by atoms with Crippen LogP contribution in [0.5, 0.6) is 11.5 Å². The van der Waals surface area contributed by atoms with Crippen LogP contribution in [0.2, 0.25) is 0 Å². The van der Waals surface area contributed by atoms with E-state index in [0.717, 1.165) is 0 Å².